The summed E-state index contributed by atoms with van der Waals surface area (Å²) in [6.07, 6.45) is 2.28. The first kappa shape index (κ1) is 23.0. The third-order valence-electron chi connectivity index (χ3n) is 5.24. The average molecular weight is 428 g/mol. The molecule has 0 saturated carbocycles. The van der Waals surface area contributed by atoms with Crippen LogP contribution in [0, 0.1) is 5.82 Å². The lowest BCUT2D eigenvalue weighted by Gasteiger charge is -2.23. The fourth-order valence-electron chi connectivity index (χ4n) is 3.66. The number of quaternary nitrogens is 1. The Bertz CT molecular complexity index is 901. The Morgan fingerprint density at radius 3 is 2.58 bits per heavy atom. The number of halogens is 1. The molecule has 6 heteroatoms. The van der Waals surface area contributed by atoms with Crippen molar-refractivity contribution in [3.8, 4) is 5.75 Å². The van der Waals surface area contributed by atoms with Crippen LogP contribution in [0.3, 0.4) is 0 Å². The van der Waals surface area contributed by atoms with E-state index in [0.29, 0.717) is 25.3 Å². The van der Waals surface area contributed by atoms with E-state index in [1.807, 2.05) is 54.7 Å². The van der Waals surface area contributed by atoms with Crippen LogP contribution >= 0.6 is 0 Å². The van der Waals surface area contributed by atoms with Crippen LogP contribution in [0.4, 0.5) is 4.39 Å². The summed E-state index contributed by atoms with van der Waals surface area (Å²) in [7, 11) is 1.70. The van der Waals surface area contributed by atoms with Crippen LogP contribution in [0.15, 0.2) is 72.9 Å². The number of rotatable bonds is 13. The lowest BCUT2D eigenvalue weighted by molar-refractivity contribution is -0.917. The molecule has 1 heterocycles. The van der Waals surface area contributed by atoms with E-state index in [2.05, 4.69) is 10.6 Å². The average Bonchev–Trinajstić information content (AvgIpc) is 3.21. The van der Waals surface area contributed by atoms with Crippen LogP contribution in [-0.2, 0) is 17.8 Å². The number of hydrogen-bond acceptors (Lipinski definition) is 3. The van der Waals surface area contributed by atoms with Crippen LogP contribution in [0.25, 0.3) is 0 Å². The van der Waals surface area contributed by atoms with Gasteiger partial charge in [-0.2, -0.15) is 0 Å². The molecule has 0 aliphatic heterocycles. The summed E-state index contributed by atoms with van der Waals surface area (Å²) < 4.78 is 27.1. The molecule has 3 aromatic rings. The van der Waals surface area contributed by atoms with E-state index in [1.54, 1.807) is 13.2 Å². The summed E-state index contributed by atoms with van der Waals surface area (Å²) in [6.45, 7) is 3.56. The van der Waals surface area contributed by atoms with Gasteiger partial charge in [0.05, 0.1) is 25.4 Å². The van der Waals surface area contributed by atoms with Crippen molar-refractivity contribution in [2.24, 2.45) is 0 Å². The highest BCUT2D eigenvalue weighted by Gasteiger charge is 2.18. The predicted octanol–water partition coefficient (Wildman–Crippen LogP) is 2.54. The van der Waals surface area contributed by atoms with Crippen LogP contribution < -0.4 is 9.64 Å². The number of aliphatic hydroxyl groups is 1. The summed E-state index contributed by atoms with van der Waals surface area (Å²) >= 11 is 0. The number of benzene rings is 2. The fraction of sp³-hybridized carbons (Fsp3) is 0.360. The fourth-order valence-corrected chi connectivity index (χ4v) is 3.66. The van der Waals surface area contributed by atoms with Crippen molar-refractivity contribution in [3.05, 3.63) is 90.0 Å². The molecule has 0 spiro atoms. The topological polar surface area (TPSA) is 48.1 Å². The molecule has 166 valence electrons. The zero-order chi connectivity index (χ0) is 21.9. The molecule has 1 aromatic heterocycles. The molecule has 2 aromatic carbocycles. The maximum atomic E-state index is 14.1. The Morgan fingerprint density at radius 1 is 1.03 bits per heavy atom. The highest BCUT2D eigenvalue weighted by atomic mass is 19.1. The van der Waals surface area contributed by atoms with Gasteiger partial charge in [0.2, 0.25) is 0 Å². The molecule has 1 unspecified atom stereocenters. The minimum absolute atomic E-state index is 0.195. The van der Waals surface area contributed by atoms with Crippen molar-refractivity contribution in [1.29, 1.82) is 0 Å². The maximum Gasteiger partial charge on any atom is 0.137 e. The summed E-state index contributed by atoms with van der Waals surface area (Å²) in [6, 6.07) is 20.4. The first-order chi connectivity index (χ1) is 15.2. The van der Waals surface area contributed by atoms with Gasteiger partial charge >= 0.3 is 0 Å². The summed E-state index contributed by atoms with van der Waals surface area (Å²) in [5, 5.41) is 10.6. The number of para-hydroxylation sites is 1. The van der Waals surface area contributed by atoms with Crippen molar-refractivity contribution in [2.75, 3.05) is 33.4 Å². The first-order valence-electron chi connectivity index (χ1n) is 10.7. The van der Waals surface area contributed by atoms with Crippen molar-refractivity contribution >= 4 is 0 Å². The molecular weight excluding hydrogens is 395 g/mol. The number of aromatic nitrogens is 1. The van der Waals surface area contributed by atoms with Crippen LogP contribution in [0.1, 0.15) is 17.7 Å². The smallest absolute Gasteiger partial charge is 0.137 e. The number of ether oxygens (including phenoxy) is 2. The van der Waals surface area contributed by atoms with Gasteiger partial charge in [0.1, 0.15) is 37.4 Å². The van der Waals surface area contributed by atoms with Gasteiger partial charge in [0.15, 0.2) is 0 Å². The second-order valence-corrected chi connectivity index (χ2v) is 7.72. The largest absolute Gasteiger partial charge is 0.491 e. The van der Waals surface area contributed by atoms with E-state index in [-0.39, 0.29) is 12.4 Å². The molecule has 0 aliphatic rings. The van der Waals surface area contributed by atoms with Gasteiger partial charge in [-0.1, -0.05) is 36.4 Å². The second-order valence-electron chi connectivity index (χ2n) is 7.72. The van der Waals surface area contributed by atoms with Gasteiger partial charge in [-0.15, -0.1) is 0 Å². The zero-order valence-corrected chi connectivity index (χ0v) is 18.0. The molecule has 0 bridgehead atoms. The van der Waals surface area contributed by atoms with E-state index in [4.69, 9.17) is 9.47 Å². The lowest BCUT2D eigenvalue weighted by Crippen LogP contribution is -3.12. The van der Waals surface area contributed by atoms with Gasteiger partial charge in [-0.05, 0) is 30.3 Å². The Kier molecular flexibility index (Phi) is 9.09. The Balaban J connectivity index is 1.61. The molecule has 0 amide bonds. The monoisotopic (exact) mass is 427 g/mol. The van der Waals surface area contributed by atoms with Gasteiger partial charge in [0.25, 0.3) is 0 Å². The number of hydrogen-bond donors (Lipinski definition) is 2. The van der Waals surface area contributed by atoms with Gasteiger partial charge in [-0.3, -0.25) is 0 Å². The molecule has 0 fully saturated rings. The SMILES string of the molecule is COCCC[NH+](Cc1cccn1Cc1ccccc1F)C[C@H](O)COc1ccccc1. The van der Waals surface area contributed by atoms with Crippen LogP contribution in [-0.4, -0.2) is 49.2 Å². The number of nitrogens with one attached hydrogen (secondary N) is 1. The van der Waals surface area contributed by atoms with Gasteiger partial charge < -0.3 is 24.0 Å². The quantitative estimate of drug-likeness (QED) is 0.412. The highest BCUT2D eigenvalue weighted by Crippen LogP contribution is 2.11. The third kappa shape index (κ3) is 7.51. The molecule has 2 atom stereocenters. The van der Waals surface area contributed by atoms with Crippen molar-refractivity contribution in [2.45, 2.75) is 25.6 Å². The molecule has 0 aliphatic carbocycles. The highest BCUT2D eigenvalue weighted by molar-refractivity contribution is 5.21. The molecule has 0 radical (unpaired) electrons. The van der Waals surface area contributed by atoms with Crippen molar-refractivity contribution in [1.82, 2.24) is 4.57 Å². The molecular formula is C25H32FN2O3+. The lowest BCUT2D eigenvalue weighted by atomic mass is 10.2. The van der Waals surface area contributed by atoms with Crippen LogP contribution in [0.2, 0.25) is 0 Å². The summed E-state index contributed by atoms with van der Waals surface area (Å²) in [5.74, 6) is 0.557. The molecule has 31 heavy (non-hydrogen) atoms. The molecule has 0 saturated heterocycles. The van der Waals surface area contributed by atoms with Crippen molar-refractivity contribution < 1.29 is 23.9 Å². The van der Waals surface area contributed by atoms with Gasteiger partial charge in [0, 0.05) is 25.3 Å². The third-order valence-corrected chi connectivity index (χ3v) is 5.24. The maximum absolute atomic E-state index is 14.1. The van der Waals surface area contributed by atoms with E-state index >= 15 is 0 Å². The second kappa shape index (κ2) is 12.2. The van der Waals surface area contributed by atoms with Gasteiger partial charge in [-0.25, -0.2) is 4.39 Å². The van der Waals surface area contributed by atoms with E-state index in [1.165, 1.54) is 11.0 Å². The standard InChI is InChI=1S/C25H31FN2O3/c1-30-16-8-14-27(19-23(29)20-31-24-11-3-2-4-12-24)18-22-10-7-15-28(22)17-21-9-5-6-13-25(21)26/h2-7,9-13,15,23,29H,8,14,16-20H2,1H3/p+1/t23-/m0/s1. The van der Waals surface area contributed by atoms with Crippen molar-refractivity contribution in [3.63, 3.8) is 0 Å². The summed E-state index contributed by atoms with van der Waals surface area (Å²) in [4.78, 5) is 1.23. The Morgan fingerprint density at radius 2 is 1.81 bits per heavy atom. The normalized spacial score (nSPS) is 13.1. The molecule has 3 rings (SSSR count). The predicted molar refractivity (Wildman–Crippen MR) is 119 cm³/mol. The van der Waals surface area contributed by atoms with Crippen LogP contribution in [0.5, 0.6) is 5.75 Å². The Hall–Kier alpha value is -2.67. The van der Waals surface area contributed by atoms with E-state index < -0.39 is 6.10 Å². The molecule has 5 nitrogen and oxygen atoms in total. The minimum Gasteiger partial charge on any atom is -0.491 e. The Labute approximate surface area is 183 Å². The van der Waals surface area contributed by atoms with E-state index in [9.17, 15) is 9.50 Å². The number of aliphatic hydroxyl groups excluding tert-OH is 1. The first-order valence-corrected chi connectivity index (χ1v) is 10.7. The number of methoxy groups -OCH3 is 1. The van der Waals surface area contributed by atoms with E-state index in [0.717, 1.165) is 31.0 Å². The minimum atomic E-state index is -0.590. The summed E-state index contributed by atoms with van der Waals surface area (Å²) in [5.41, 5.74) is 1.77. The zero-order valence-electron chi connectivity index (χ0n) is 18.0. The number of nitrogens with zero attached hydrogens (tertiary/aromatic N) is 1. The molecule has 2 N–H and O–H groups in total.